The quantitative estimate of drug-likeness (QED) is 0.579. The van der Waals surface area contributed by atoms with Crippen molar-refractivity contribution in [2.45, 2.75) is 64.6 Å². The monoisotopic (exact) mass is 432 g/mol. The summed E-state index contributed by atoms with van der Waals surface area (Å²) in [6, 6.07) is 7.81. The zero-order valence-corrected chi connectivity index (χ0v) is 19.7. The van der Waals surface area contributed by atoms with E-state index in [0.29, 0.717) is 5.56 Å². The van der Waals surface area contributed by atoms with Crippen LogP contribution in [0.5, 0.6) is 5.75 Å². The lowest BCUT2D eigenvalue weighted by atomic mass is 9.79. The molecule has 1 saturated heterocycles. The summed E-state index contributed by atoms with van der Waals surface area (Å²) in [5.74, 6) is 0.196. The number of aromatic nitrogens is 4. The maximum absolute atomic E-state index is 10.7. The smallest absolute Gasteiger partial charge is 0.178 e. The number of benzene rings is 1. The molecule has 7 nitrogen and oxygen atoms in total. The molecule has 32 heavy (non-hydrogen) atoms. The lowest BCUT2D eigenvalue weighted by Crippen LogP contribution is -2.58. The van der Waals surface area contributed by atoms with E-state index in [1.54, 1.807) is 25.5 Å². The lowest BCUT2D eigenvalue weighted by Gasteiger charge is -2.46. The van der Waals surface area contributed by atoms with Gasteiger partial charge in [-0.2, -0.15) is 0 Å². The van der Waals surface area contributed by atoms with E-state index in [4.69, 9.17) is 4.98 Å². The summed E-state index contributed by atoms with van der Waals surface area (Å²) < 4.78 is 1.97. The summed E-state index contributed by atoms with van der Waals surface area (Å²) in [5, 5.41) is 23.3. The van der Waals surface area contributed by atoms with Crippen LogP contribution in [0.1, 0.15) is 59.1 Å². The Morgan fingerprint density at radius 2 is 1.91 bits per heavy atom. The van der Waals surface area contributed by atoms with Crippen molar-refractivity contribution in [1.82, 2.24) is 25.3 Å². The third-order valence-corrected chi connectivity index (χ3v) is 6.05. The van der Waals surface area contributed by atoms with Crippen molar-refractivity contribution in [2.24, 2.45) is 4.99 Å². The fraction of sp³-hybridized carbons (Fsp3) is 0.440. The zero-order chi connectivity index (χ0) is 23.1. The number of hydrogen-bond acceptors (Lipinski definition) is 6. The number of nitrogens with one attached hydrogen (secondary N) is 1. The van der Waals surface area contributed by atoms with Gasteiger partial charge in [-0.3, -0.25) is 4.99 Å². The van der Waals surface area contributed by atoms with Crippen LogP contribution in [0, 0.1) is 0 Å². The number of aromatic hydroxyl groups is 1. The Bertz CT molecular complexity index is 1190. The molecule has 2 aromatic heterocycles. The second-order valence-corrected chi connectivity index (χ2v) is 9.92. The normalized spacial score (nSPS) is 19.1. The fourth-order valence-corrected chi connectivity index (χ4v) is 5.08. The minimum atomic E-state index is 0.00639. The first kappa shape index (κ1) is 22.1. The molecule has 0 unspecified atom stereocenters. The molecule has 0 amide bonds. The van der Waals surface area contributed by atoms with Crippen molar-refractivity contribution in [1.29, 1.82) is 0 Å². The number of phenolic OH excluding ortho intramolecular Hbond substituents is 1. The predicted octanol–water partition coefficient (Wildman–Crippen LogP) is 4.78. The highest BCUT2D eigenvalue weighted by Crippen LogP contribution is 2.37. The van der Waals surface area contributed by atoms with Gasteiger partial charge in [-0.25, -0.2) is 9.67 Å². The number of hydrogen-bond donors (Lipinski definition) is 2. The highest BCUT2D eigenvalue weighted by atomic mass is 16.3. The van der Waals surface area contributed by atoms with Gasteiger partial charge in [0.1, 0.15) is 11.3 Å². The molecule has 168 valence electrons. The Balaban J connectivity index is 1.68. The van der Waals surface area contributed by atoms with Gasteiger partial charge >= 0.3 is 0 Å². The van der Waals surface area contributed by atoms with E-state index >= 15 is 0 Å². The number of fused-ring (bicyclic) bond motifs is 1. The molecule has 1 fully saturated rings. The predicted molar refractivity (Wildman–Crippen MR) is 130 cm³/mol. The van der Waals surface area contributed by atoms with Crippen LogP contribution in [0.25, 0.3) is 27.9 Å². The summed E-state index contributed by atoms with van der Waals surface area (Å²) in [4.78, 5) is 8.79. The Kier molecular flexibility index (Phi) is 5.63. The molecule has 3 aromatic rings. The van der Waals surface area contributed by atoms with Crippen molar-refractivity contribution in [3.8, 4) is 16.9 Å². The fourth-order valence-electron chi connectivity index (χ4n) is 5.08. The van der Waals surface area contributed by atoms with E-state index in [1.165, 1.54) is 0 Å². The lowest BCUT2D eigenvalue weighted by molar-refractivity contribution is 0.127. The van der Waals surface area contributed by atoms with Crippen molar-refractivity contribution < 1.29 is 5.11 Å². The summed E-state index contributed by atoms with van der Waals surface area (Å²) in [6.45, 7) is 10.9. The van der Waals surface area contributed by atoms with Crippen LogP contribution >= 0.6 is 0 Å². The SMILES string of the molecule is C/C=C(\C=NC)c1ccc(-c2cnc3c(c2)nnn3C2CC(C)(C)NC(C)(C)C2)c(O)c1. The molecular weight excluding hydrogens is 400 g/mol. The average molecular weight is 433 g/mol. The molecule has 0 radical (unpaired) electrons. The van der Waals surface area contributed by atoms with Gasteiger partial charge in [0.05, 0.1) is 6.04 Å². The van der Waals surface area contributed by atoms with E-state index in [-0.39, 0.29) is 22.9 Å². The molecule has 1 aliphatic heterocycles. The van der Waals surface area contributed by atoms with Gasteiger partial charge in [0.25, 0.3) is 0 Å². The van der Waals surface area contributed by atoms with Crippen LogP contribution < -0.4 is 5.32 Å². The van der Waals surface area contributed by atoms with Crippen molar-refractivity contribution in [3.63, 3.8) is 0 Å². The van der Waals surface area contributed by atoms with Crippen molar-refractivity contribution >= 4 is 23.0 Å². The summed E-state index contributed by atoms with van der Waals surface area (Å²) in [5.41, 5.74) is 4.91. The molecule has 3 heterocycles. The Hall–Kier alpha value is -3.06. The average Bonchev–Trinajstić information content (AvgIpc) is 3.13. The maximum atomic E-state index is 10.7. The third-order valence-electron chi connectivity index (χ3n) is 6.05. The van der Waals surface area contributed by atoms with Gasteiger partial charge in [-0.15, -0.1) is 5.10 Å². The molecule has 0 aliphatic carbocycles. The topological polar surface area (TPSA) is 88.2 Å². The van der Waals surface area contributed by atoms with Gasteiger partial charge < -0.3 is 10.4 Å². The van der Waals surface area contributed by atoms with E-state index in [2.05, 4.69) is 48.3 Å². The van der Waals surface area contributed by atoms with E-state index in [1.807, 2.05) is 35.9 Å². The summed E-state index contributed by atoms with van der Waals surface area (Å²) in [7, 11) is 1.73. The van der Waals surface area contributed by atoms with Crippen LogP contribution in [-0.2, 0) is 0 Å². The van der Waals surface area contributed by atoms with Gasteiger partial charge in [0.2, 0.25) is 0 Å². The van der Waals surface area contributed by atoms with E-state index in [0.717, 1.165) is 40.7 Å². The highest BCUT2D eigenvalue weighted by molar-refractivity contribution is 6.10. The minimum absolute atomic E-state index is 0.00639. The molecule has 4 rings (SSSR count). The summed E-state index contributed by atoms with van der Waals surface area (Å²) >= 11 is 0. The number of nitrogens with zero attached hydrogens (tertiary/aromatic N) is 5. The molecule has 7 heteroatoms. The second kappa shape index (κ2) is 8.13. The summed E-state index contributed by atoms with van der Waals surface area (Å²) in [6.07, 6.45) is 7.45. The molecule has 1 aliphatic rings. The molecule has 1 aromatic carbocycles. The van der Waals surface area contributed by atoms with Crippen LogP contribution in [0.3, 0.4) is 0 Å². The third kappa shape index (κ3) is 4.30. The Labute approximate surface area is 189 Å². The largest absolute Gasteiger partial charge is 0.507 e. The number of allylic oxidation sites excluding steroid dienone is 2. The number of pyridine rings is 1. The maximum Gasteiger partial charge on any atom is 0.178 e. The highest BCUT2D eigenvalue weighted by Gasteiger charge is 2.39. The molecular formula is C25H32N6O. The molecule has 2 N–H and O–H groups in total. The standard InChI is InChI=1S/C25H32N6O/c1-7-16(14-26-6)17-8-9-20(22(32)11-17)18-10-21-23(27-15-18)31(30-28-21)19-12-24(2,3)29-25(4,5)13-19/h7-11,14-15,19,29,32H,12-13H2,1-6H3/b16-7+,26-14?. The molecule has 0 spiro atoms. The van der Waals surface area contributed by atoms with E-state index in [9.17, 15) is 5.11 Å². The number of piperidine rings is 1. The van der Waals surface area contributed by atoms with Gasteiger partial charge in [-0.05, 0) is 76.8 Å². The van der Waals surface area contributed by atoms with Crippen molar-refractivity contribution in [3.05, 3.63) is 42.1 Å². The van der Waals surface area contributed by atoms with Crippen LogP contribution in [0.4, 0.5) is 0 Å². The first-order valence-corrected chi connectivity index (χ1v) is 11.0. The molecule has 0 saturated carbocycles. The number of phenols is 1. The zero-order valence-electron chi connectivity index (χ0n) is 19.7. The van der Waals surface area contributed by atoms with Gasteiger partial charge in [0, 0.05) is 41.7 Å². The minimum Gasteiger partial charge on any atom is -0.507 e. The van der Waals surface area contributed by atoms with Crippen LogP contribution in [-0.4, -0.2) is 49.4 Å². The van der Waals surface area contributed by atoms with Crippen LogP contribution in [0.2, 0.25) is 0 Å². The van der Waals surface area contributed by atoms with Gasteiger partial charge in [-0.1, -0.05) is 17.4 Å². The number of aliphatic imine (C=N–C) groups is 1. The first-order valence-electron chi connectivity index (χ1n) is 11.0. The van der Waals surface area contributed by atoms with E-state index < -0.39 is 0 Å². The number of rotatable bonds is 4. The molecule has 0 atom stereocenters. The second-order valence-electron chi connectivity index (χ2n) is 9.92. The first-order chi connectivity index (χ1) is 15.1. The molecule has 0 bridgehead atoms. The van der Waals surface area contributed by atoms with Crippen molar-refractivity contribution in [2.75, 3.05) is 7.05 Å². The Morgan fingerprint density at radius 1 is 1.19 bits per heavy atom. The van der Waals surface area contributed by atoms with Gasteiger partial charge in [0.15, 0.2) is 5.65 Å². The Morgan fingerprint density at radius 3 is 2.53 bits per heavy atom. The van der Waals surface area contributed by atoms with Crippen LogP contribution in [0.15, 0.2) is 41.5 Å².